The molecule has 0 aliphatic carbocycles. The van der Waals surface area contributed by atoms with E-state index in [2.05, 4.69) is 4.98 Å². The Morgan fingerprint density at radius 2 is 2.43 bits per heavy atom. The molecule has 0 fully saturated rings. The highest BCUT2D eigenvalue weighted by Gasteiger charge is 2.18. The Morgan fingerprint density at radius 3 is 2.93 bits per heavy atom. The van der Waals surface area contributed by atoms with Gasteiger partial charge in [-0.1, -0.05) is 0 Å². The number of hydrogen-bond donors (Lipinski definition) is 1. The molecule has 70 valence electrons. The number of carbonyl (C=O) groups excluding carboxylic acids is 1. The summed E-state index contributed by atoms with van der Waals surface area (Å²) in [6.07, 6.45) is 1.62. The van der Waals surface area contributed by atoms with E-state index >= 15 is 0 Å². The Kier molecular flexibility index (Phi) is 2.92. The van der Waals surface area contributed by atoms with Gasteiger partial charge in [0, 0.05) is 6.20 Å². The highest BCUT2D eigenvalue weighted by molar-refractivity contribution is 5.92. The van der Waals surface area contributed by atoms with Gasteiger partial charge in [-0.05, 0) is 17.7 Å². The first kappa shape index (κ1) is 9.86. The van der Waals surface area contributed by atoms with Gasteiger partial charge in [0.25, 0.3) is 0 Å². The molecule has 0 saturated heterocycles. The van der Waals surface area contributed by atoms with Gasteiger partial charge in [0.2, 0.25) is 0 Å². The van der Waals surface area contributed by atoms with E-state index in [0.29, 0.717) is 6.29 Å². The molecule has 14 heavy (non-hydrogen) atoms. The van der Waals surface area contributed by atoms with Crippen molar-refractivity contribution in [3.63, 3.8) is 0 Å². The van der Waals surface area contributed by atoms with Crippen molar-refractivity contribution in [1.82, 2.24) is 4.98 Å². The summed E-state index contributed by atoms with van der Waals surface area (Å²) < 4.78 is 0. The summed E-state index contributed by atoms with van der Waals surface area (Å²) >= 11 is 0. The summed E-state index contributed by atoms with van der Waals surface area (Å²) in [6.45, 7) is 0. The van der Waals surface area contributed by atoms with Crippen LogP contribution in [0.15, 0.2) is 18.3 Å². The van der Waals surface area contributed by atoms with Gasteiger partial charge in [-0.2, -0.15) is 5.26 Å². The van der Waals surface area contributed by atoms with Crippen LogP contribution in [0.4, 0.5) is 0 Å². The van der Waals surface area contributed by atoms with Crippen LogP contribution in [0.5, 0.6) is 0 Å². The zero-order chi connectivity index (χ0) is 10.6. The number of hydrogen-bond acceptors (Lipinski definition) is 4. The third-order valence-electron chi connectivity index (χ3n) is 1.66. The molecule has 0 aliphatic heterocycles. The minimum absolute atomic E-state index is 0.0931. The lowest BCUT2D eigenvalue weighted by molar-refractivity contribution is -0.140. The van der Waals surface area contributed by atoms with E-state index in [1.165, 1.54) is 18.3 Å². The van der Waals surface area contributed by atoms with Gasteiger partial charge in [-0.25, -0.2) is 4.98 Å². The van der Waals surface area contributed by atoms with E-state index in [4.69, 9.17) is 10.4 Å². The first-order valence-electron chi connectivity index (χ1n) is 3.73. The van der Waals surface area contributed by atoms with Crippen molar-refractivity contribution in [2.45, 2.75) is 5.92 Å². The Labute approximate surface area is 79.6 Å². The van der Waals surface area contributed by atoms with Crippen LogP contribution in [-0.2, 0) is 9.59 Å². The molecule has 0 bridgehead atoms. The quantitative estimate of drug-likeness (QED) is 0.547. The van der Waals surface area contributed by atoms with Crippen molar-refractivity contribution in [3.05, 3.63) is 29.6 Å². The maximum absolute atomic E-state index is 10.6. The molecule has 1 heterocycles. The van der Waals surface area contributed by atoms with E-state index in [1.54, 1.807) is 6.07 Å². The van der Waals surface area contributed by atoms with Gasteiger partial charge >= 0.3 is 5.97 Å². The summed E-state index contributed by atoms with van der Waals surface area (Å²) in [4.78, 5) is 24.7. The number of aldehydes is 1. The zero-order valence-electron chi connectivity index (χ0n) is 7.04. The van der Waals surface area contributed by atoms with Crippen LogP contribution in [0.2, 0.25) is 0 Å². The number of carboxylic acids is 1. The second kappa shape index (κ2) is 4.14. The fourth-order valence-corrected chi connectivity index (χ4v) is 0.981. The molecule has 1 atom stereocenters. The van der Waals surface area contributed by atoms with Crippen LogP contribution < -0.4 is 0 Å². The lowest BCUT2D eigenvalue weighted by atomic mass is 10.0. The third kappa shape index (κ3) is 1.93. The highest BCUT2D eigenvalue weighted by atomic mass is 16.4. The standard InChI is InChI=1S/C9H6N2O3/c10-4-7-3-6(1-2-11-7)8(5-12)9(13)14/h1-3,5,8H,(H,13,14). The van der Waals surface area contributed by atoms with Crippen LogP contribution in [0.25, 0.3) is 0 Å². The average Bonchev–Trinajstić information content (AvgIpc) is 2.19. The average molecular weight is 190 g/mol. The Balaban J connectivity index is 3.12. The van der Waals surface area contributed by atoms with E-state index in [0.717, 1.165) is 0 Å². The van der Waals surface area contributed by atoms with Crippen molar-refractivity contribution in [1.29, 1.82) is 5.26 Å². The molecule has 0 aliphatic rings. The van der Waals surface area contributed by atoms with Gasteiger partial charge < -0.3 is 9.90 Å². The molecular weight excluding hydrogens is 184 g/mol. The molecule has 1 aromatic rings. The topological polar surface area (TPSA) is 91.0 Å². The maximum Gasteiger partial charge on any atom is 0.318 e. The van der Waals surface area contributed by atoms with Gasteiger partial charge in [0.05, 0.1) is 0 Å². The molecule has 1 N–H and O–H groups in total. The minimum atomic E-state index is -1.24. The van der Waals surface area contributed by atoms with Crippen LogP contribution in [0.1, 0.15) is 17.2 Å². The van der Waals surface area contributed by atoms with E-state index in [-0.39, 0.29) is 11.3 Å². The molecule has 1 unspecified atom stereocenters. The van der Waals surface area contributed by atoms with Gasteiger partial charge in [0.15, 0.2) is 0 Å². The molecular formula is C9H6N2O3. The smallest absolute Gasteiger partial charge is 0.318 e. The number of aliphatic carboxylic acids is 1. The van der Waals surface area contributed by atoms with E-state index in [9.17, 15) is 9.59 Å². The summed E-state index contributed by atoms with van der Waals surface area (Å²) in [6, 6.07) is 4.45. The lowest BCUT2D eigenvalue weighted by Gasteiger charge is -2.03. The van der Waals surface area contributed by atoms with Gasteiger partial charge in [-0.3, -0.25) is 4.79 Å². The first-order valence-corrected chi connectivity index (χ1v) is 3.73. The molecule has 0 aromatic carbocycles. The summed E-state index contributed by atoms with van der Waals surface area (Å²) in [5.41, 5.74) is 0.356. The summed E-state index contributed by atoms with van der Waals surface area (Å²) in [5, 5.41) is 17.2. The number of pyridine rings is 1. The van der Waals surface area contributed by atoms with Crippen molar-refractivity contribution in [3.8, 4) is 6.07 Å². The lowest BCUT2D eigenvalue weighted by Crippen LogP contribution is -2.13. The zero-order valence-corrected chi connectivity index (χ0v) is 7.04. The third-order valence-corrected chi connectivity index (χ3v) is 1.66. The second-order valence-electron chi connectivity index (χ2n) is 2.54. The minimum Gasteiger partial charge on any atom is -0.480 e. The molecule has 0 spiro atoms. The molecule has 5 nitrogen and oxygen atoms in total. The fraction of sp³-hybridized carbons (Fsp3) is 0.111. The van der Waals surface area contributed by atoms with E-state index in [1.807, 2.05) is 0 Å². The number of nitrogens with zero attached hydrogens (tertiary/aromatic N) is 2. The largest absolute Gasteiger partial charge is 0.480 e. The number of aromatic nitrogens is 1. The van der Waals surface area contributed by atoms with Crippen LogP contribution in [-0.4, -0.2) is 22.3 Å². The molecule has 0 radical (unpaired) electrons. The second-order valence-corrected chi connectivity index (χ2v) is 2.54. The number of carboxylic acid groups (broad SMARTS) is 1. The van der Waals surface area contributed by atoms with Crippen molar-refractivity contribution in [2.75, 3.05) is 0 Å². The molecule has 0 amide bonds. The van der Waals surface area contributed by atoms with Crippen molar-refractivity contribution < 1.29 is 14.7 Å². The van der Waals surface area contributed by atoms with Crippen molar-refractivity contribution in [2.24, 2.45) is 0 Å². The maximum atomic E-state index is 10.6. The van der Waals surface area contributed by atoms with E-state index < -0.39 is 11.9 Å². The van der Waals surface area contributed by atoms with Crippen molar-refractivity contribution >= 4 is 12.3 Å². The first-order chi connectivity index (χ1) is 6.69. The SMILES string of the molecule is N#Cc1cc(C(C=O)C(=O)O)ccn1. The molecule has 1 rings (SSSR count). The van der Waals surface area contributed by atoms with Gasteiger partial charge in [-0.15, -0.1) is 0 Å². The Hall–Kier alpha value is -2.22. The highest BCUT2D eigenvalue weighted by Crippen LogP contribution is 2.13. The number of nitriles is 1. The van der Waals surface area contributed by atoms with Crippen LogP contribution in [0.3, 0.4) is 0 Å². The fourth-order valence-electron chi connectivity index (χ4n) is 0.981. The number of rotatable bonds is 3. The molecule has 5 heteroatoms. The Morgan fingerprint density at radius 1 is 1.71 bits per heavy atom. The predicted octanol–water partition coefficient (Wildman–Crippen LogP) is 0.320. The Bertz CT molecular complexity index is 409. The molecule has 1 aromatic heterocycles. The van der Waals surface area contributed by atoms with Crippen LogP contribution >= 0.6 is 0 Å². The summed E-state index contributed by atoms with van der Waals surface area (Å²) in [7, 11) is 0. The number of carbonyl (C=O) groups is 2. The van der Waals surface area contributed by atoms with Crippen LogP contribution in [0, 0.1) is 11.3 Å². The van der Waals surface area contributed by atoms with Gasteiger partial charge in [0.1, 0.15) is 24.0 Å². The normalized spacial score (nSPS) is 11.4. The monoisotopic (exact) mass is 190 g/mol. The molecule has 0 saturated carbocycles. The summed E-state index contributed by atoms with van der Waals surface area (Å²) in [5.74, 6) is -2.47. The predicted molar refractivity (Wildman–Crippen MR) is 45.4 cm³/mol.